The predicted octanol–water partition coefficient (Wildman–Crippen LogP) is 3.88. The van der Waals surface area contributed by atoms with E-state index in [0.717, 1.165) is 23.4 Å². The zero-order valence-electron chi connectivity index (χ0n) is 18.5. The molecule has 9 heteroatoms. The van der Waals surface area contributed by atoms with Crippen molar-refractivity contribution in [1.82, 2.24) is 14.8 Å². The summed E-state index contributed by atoms with van der Waals surface area (Å²) in [5, 5.41) is 9.23. The topological polar surface area (TPSA) is 104 Å². The van der Waals surface area contributed by atoms with Gasteiger partial charge < -0.3 is 26.2 Å². The van der Waals surface area contributed by atoms with Crippen LogP contribution in [-0.4, -0.2) is 53.9 Å². The number of hydrogen-bond acceptors (Lipinski definition) is 6. The molecule has 2 heterocycles. The van der Waals surface area contributed by atoms with E-state index in [2.05, 4.69) is 15.6 Å². The number of amides is 3. The van der Waals surface area contributed by atoms with E-state index in [0.29, 0.717) is 24.5 Å². The highest BCUT2D eigenvalue weighted by Gasteiger charge is 2.16. The molecule has 4 N–H and O–H groups in total. The maximum absolute atomic E-state index is 12.9. The van der Waals surface area contributed by atoms with Crippen LogP contribution in [0.25, 0.3) is 0 Å². The van der Waals surface area contributed by atoms with Crippen molar-refractivity contribution >= 4 is 40.3 Å². The van der Waals surface area contributed by atoms with Crippen molar-refractivity contribution in [3.63, 3.8) is 0 Å². The lowest BCUT2D eigenvalue weighted by Gasteiger charge is -2.25. The summed E-state index contributed by atoms with van der Waals surface area (Å²) in [7, 11) is 3.93. The van der Waals surface area contributed by atoms with Gasteiger partial charge in [0.25, 0.3) is 5.91 Å². The van der Waals surface area contributed by atoms with E-state index in [1.807, 2.05) is 50.2 Å². The second kappa shape index (κ2) is 10.7. The first-order valence-corrected chi connectivity index (χ1v) is 11.1. The molecule has 2 aromatic heterocycles. The molecule has 0 aliphatic carbocycles. The second-order valence-electron chi connectivity index (χ2n) is 7.77. The van der Waals surface area contributed by atoms with Gasteiger partial charge in [-0.25, -0.2) is 4.79 Å². The number of nitrogens with two attached hydrogens (primary N) is 1. The van der Waals surface area contributed by atoms with Crippen molar-refractivity contribution in [2.75, 3.05) is 43.6 Å². The number of thiophene rings is 1. The number of rotatable bonds is 8. The SMILES string of the molecule is Cc1ccc(NC(=O)N(CCN(C)C)Cc2ccc(C(=O)Nc3cscc3N)nc2)cc1. The molecule has 8 nitrogen and oxygen atoms in total. The molecule has 0 unspecified atom stereocenters. The summed E-state index contributed by atoms with van der Waals surface area (Å²) in [6.45, 7) is 3.64. The van der Waals surface area contributed by atoms with Gasteiger partial charge in [-0.05, 0) is 44.8 Å². The summed E-state index contributed by atoms with van der Waals surface area (Å²) < 4.78 is 0. The Morgan fingerprint density at radius 2 is 1.78 bits per heavy atom. The molecule has 0 aliphatic rings. The van der Waals surface area contributed by atoms with Gasteiger partial charge in [0.05, 0.1) is 11.4 Å². The first-order chi connectivity index (χ1) is 15.3. The third-order valence-electron chi connectivity index (χ3n) is 4.78. The van der Waals surface area contributed by atoms with E-state index in [1.165, 1.54) is 11.3 Å². The fourth-order valence-electron chi connectivity index (χ4n) is 2.88. The van der Waals surface area contributed by atoms with Crippen LogP contribution in [0.3, 0.4) is 0 Å². The van der Waals surface area contributed by atoms with Gasteiger partial charge in [-0.2, -0.15) is 0 Å². The number of likely N-dealkylation sites (N-methyl/N-ethyl adjacent to an activating group) is 1. The maximum atomic E-state index is 12.9. The number of nitrogens with one attached hydrogen (secondary N) is 2. The van der Waals surface area contributed by atoms with Gasteiger partial charge in [-0.3, -0.25) is 9.78 Å². The summed E-state index contributed by atoms with van der Waals surface area (Å²) >= 11 is 1.42. The van der Waals surface area contributed by atoms with Crippen LogP contribution in [0.1, 0.15) is 21.6 Å². The van der Waals surface area contributed by atoms with Crippen molar-refractivity contribution < 1.29 is 9.59 Å². The number of anilines is 3. The Bertz CT molecular complexity index is 1050. The predicted molar refractivity (Wildman–Crippen MR) is 130 cm³/mol. The molecule has 3 amide bonds. The Balaban J connectivity index is 1.66. The van der Waals surface area contributed by atoms with Crippen molar-refractivity contribution in [3.8, 4) is 0 Å². The van der Waals surface area contributed by atoms with Crippen molar-refractivity contribution in [2.24, 2.45) is 0 Å². The van der Waals surface area contributed by atoms with Gasteiger partial charge in [0.1, 0.15) is 5.69 Å². The quantitative estimate of drug-likeness (QED) is 0.481. The lowest BCUT2D eigenvalue weighted by Crippen LogP contribution is -2.39. The minimum absolute atomic E-state index is 0.189. The van der Waals surface area contributed by atoms with E-state index in [9.17, 15) is 9.59 Å². The van der Waals surface area contributed by atoms with Gasteiger partial charge in [-0.1, -0.05) is 23.8 Å². The number of urea groups is 1. The molecular weight excluding hydrogens is 424 g/mol. The number of benzene rings is 1. The fourth-order valence-corrected chi connectivity index (χ4v) is 3.55. The number of hydrogen-bond donors (Lipinski definition) is 3. The number of aryl methyl sites for hydroxylation is 1. The number of nitrogen functional groups attached to an aromatic ring is 1. The smallest absolute Gasteiger partial charge is 0.322 e. The fraction of sp³-hybridized carbons (Fsp3) is 0.261. The average Bonchev–Trinajstić information content (AvgIpc) is 3.17. The van der Waals surface area contributed by atoms with E-state index in [4.69, 9.17) is 5.73 Å². The van der Waals surface area contributed by atoms with E-state index in [1.54, 1.807) is 34.0 Å². The van der Waals surface area contributed by atoms with E-state index in [-0.39, 0.29) is 17.6 Å². The molecule has 3 rings (SSSR count). The molecule has 0 saturated heterocycles. The Morgan fingerprint density at radius 3 is 2.38 bits per heavy atom. The molecule has 0 spiro atoms. The van der Waals surface area contributed by atoms with E-state index < -0.39 is 0 Å². The van der Waals surface area contributed by atoms with Crippen LogP contribution < -0.4 is 16.4 Å². The molecule has 0 radical (unpaired) electrons. The van der Waals surface area contributed by atoms with Gasteiger partial charge in [0.2, 0.25) is 0 Å². The third-order valence-corrected chi connectivity index (χ3v) is 5.54. The molecule has 0 saturated carbocycles. The molecular formula is C23H28N6O2S. The van der Waals surface area contributed by atoms with Crippen LogP contribution in [0, 0.1) is 6.92 Å². The Labute approximate surface area is 192 Å². The summed E-state index contributed by atoms with van der Waals surface area (Å²) in [6, 6.07) is 10.9. The molecule has 0 aliphatic heterocycles. The van der Waals surface area contributed by atoms with Crippen LogP contribution in [0.2, 0.25) is 0 Å². The second-order valence-corrected chi connectivity index (χ2v) is 8.51. The first kappa shape index (κ1) is 23.2. The highest BCUT2D eigenvalue weighted by Crippen LogP contribution is 2.23. The van der Waals surface area contributed by atoms with Crippen LogP contribution in [0.4, 0.5) is 21.9 Å². The minimum atomic E-state index is -0.330. The normalized spacial score (nSPS) is 10.8. The highest BCUT2D eigenvalue weighted by molar-refractivity contribution is 7.09. The largest absolute Gasteiger partial charge is 0.396 e. The lowest BCUT2D eigenvalue weighted by molar-refractivity contribution is 0.102. The van der Waals surface area contributed by atoms with Crippen molar-refractivity contribution in [1.29, 1.82) is 0 Å². The summed E-state index contributed by atoms with van der Waals surface area (Å²) in [5.74, 6) is -0.330. The van der Waals surface area contributed by atoms with E-state index >= 15 is 0 Å². The average molecular weight is 453 g/mol. The lowest BCUT2D eigenvalue weighted by atomic mass is 10.2. The van der Waals surface area contributed by atoms with Crippen LogP contribution in [0.15, 0.2) is 53.4 Å². The maximum Gasteiger partial charge on any atom is 0.322 e. The van der Waals surface area contributed by atoms with Crippen molar-refractivity contribution in [3.05, 3.63) is 70.2 Å². The minimum Gasteiger partial charge on any atom is -0.396 e. The zero-order valence-corrected chi connectivity index (χ0v) is 19.3. The number of carbonyl (C=O) groups excluding carboxylic acids is 2. The third kappa shape index (κ3) is 6.53. The van der Waals surface area contributed by atoms with Gasteiger partial charge in [-0.15, -0.1) is 11.3 Å². The summed E-state index contributed by atoms with van der Waals surface area (Å²) in [6.07, 6.45) is 1.62. The zero-order chi connectivity index (χ0) is 23.1. The number of aromatic nitrogens is 1. The van der Waals surface area contributed by atoms with Gasteiger partial charge in [0, 0.05) is 42.3 Å². The molecule has 168 valence electrons. The molecule has 3 aromatic rings. The number of carbonyl (C=O) groups is 2. The van der Waals surface area contributed by atoms with Crippen LogP contribution in [-0.2, 0) is 6.54 Å². The number of nitrogens with zero attached hydrogens (tertiary/aromatic N) is 3. The molecule has 0 atom stereocenters. The molecule has 0 bridgehead atoms. The standard InChI is InChI=1S/C23H28N6O2S/c1-16-4-7-18(8-5-16)26-23(31)29(11-10-28(2)3)13-17-6-9-20(25-12-17)22(30)27-21-15-32-14-19(21)24/h4-9,12,14-15H,10-11,13,24H2,1-3H3,(H,26,31)(H,27,30). The Hall–Kier alpha value is -3.43. The van der Waals surface area contributed by atoms with Crippen molar-refractivity contribution in [2.45, 2.75) is 13.5 Å². The molecule has 32 heavy (non-hydrogen) atoms. The summed E-state index contributed by atoms with van der Waals surface area (Å²) in [5.41, 5.74) is 9.90. The molecule has 0 fully saturated rings. The Morgan fingerprint density at radius 1 is 1.03 bits per heavy atom. The highest BCUT2D eigenvalue weighted by atomic mass is 32.1. The number of pyridine rings is 1. The Kier molecular flexibility index (Phi) is 7.80. The van der Waals surface area contributed by atoms with Crippen LogP contribution >= 0.6 is 11.3 Å². The summed E-state index contributed by atoms with van der Waals surface area (Å²) in [4.78, 5) is 33.3. The first-order valence-electron chi connectivity index (χ1n) is 10.2. The monoisotopic (exact) mass is 452 g/mol. The molecule has 1 aromatic carbocycles. The van der Waals surface area contributed by atoms with Gasteiger partial charge >= 0.3 is 6.03 Å². The van der Waals surface area contributed by atoms with Gasteiger partial charge in [0.15, 0.2) is 0 Å². The van der Waals surface area contributed by atoms with Crippen LogP contribution in [0.5, 0.6) is 0 Å².